The van der Waals surface area contributed by atoms with Crippen molar-refractivity contribution >= 4 is 17.8 Å². The van der Waals surface area contributed by atoms with Crippen molar-refractivity contribution in [2.75, 3.05) is 13.2 Å². The number of aliphatic carboxylic acids is 1. The molecule has 0 saturated carbocycles. The number of rotatable bonds is 11. The van der Waals surface area contributed by atoms with E-state index in [0.29, 0.717) is 0 Å². The monoisotopic (exact) mass is 746 g/mol. The van der Waals surface area contributed by atoms with E-state index in [0.717, 1.165) is 13.8 Å². The Balaban J connectivity index is 1.69. The molecule has 23 nitrogen and oxygen atoms in total. The lowest BCUT2D eigenvalue weighted by atomic mass is 9.94. The Morgan fingerprint density at radius 2 is 1.06 bits per heavy atom. The molecule has 2 amide bonds. The molecule has 4 aliphatic rings. The van der Waals surface area contributed by atoms with Crippen LogP contribution in [0.3, 0.4) is 0 Å². The quantitative estimate of drug-likeness (QED) is 0.0933. The van der Waals surface area contributed by atoms with Gasteiger partial charge in [0.25, 0.3) is 0 Å². The molecule has 4 rings (SSSR count). The second kappa shape index (κ2) is 17.3. The summed E-state index contributed by atoms with van der Waals surface area (Å²) in [4.78, 5) is 36.3. The lowest BCUT2D eigenvalue weighted by Gasteiger charge is -2.50. The summed E-state index contributed by atoms with van der Waals surface area (Å²) in [5.41, 5.74) is 0. The van der Waals surface area contributed by atoms with E-state index in [9.17, 15) is 70.6 Å². The van der Waals surface area contributed by atoms with E-state index in [4.69, 9.17) is 33.2 Å². The number of ether oxygens (including phenoxy) is 7. The maximum atomic E-state index is 12.4. The van der Waals surface area contributed by atoms with Crippen LogP contribution in [0.4, 0.5) is 0 Å². The van der Waals surface area contributed by atoms with Crippen LogP contribution in [0.5, 0.6) is 0 Å². The zero-order chi connectivity index (χ0) is 38.1. The van der Waals surface area contributed by atoms with Gasteiger partial charge in [-0.05, 0) is 6.92 Å². The molecule has 294 valence electrons. The van der Waals surface area contributed by atoms with Crippen molar-refractivity contribution in [3.05, 3.63) is 0 Å². The van der Waals surface area contributed by atoms with Gasteiger partial charge in [-0.25, -0.2) is 4.79 Å². The second-order valence-electron chi connectivity index (χ2n) is 12.6. The number of amides is 2. The Labute approximate surface area is 289 Å². The number of carboxylic acid groups (broad SMARTS) is 1. The molecular weight excluding hydrogens is 700 g/mol. The number of hydrogen-bond acceptors (Lipinski definition) is 20. The van der Waals surface area contributed by atoms with Crippen molar-refractivity contribution in [1.29, 1.82) is 0 Å². The molecule has 0 aromatic rings. The summed E-state index contributed by atoms with van der Waals surface area (Å²) in [6, 6.07) is -3.07. The Morgan fingerprint density at radius 1 is 0.569 bits per heavy atom. The lowest BCUT2D eigenvalue weighted by Crippen LogP contribution is -2.71. The maximum Gasteiger partial charge on any atom is 0.335 e. The van der Waals surface area contributed by atoms with Gasteiger partial charge in [0.15, 0.2) is 31.3 Å². The van der Waals surface area contributed by atoms with Crippen molar-refractivity contribution in [2.24, 2.45) is 0 Å². The highest BCUT2D eigenvalue weighted by molar-refractivity contribution is 5.74. The SMILES string of the molecule is CC(=O)N[C@@H]1[C@H](O[C@H]2[C@H](O)[C@@H](CO)O[C@H](O[C@@H]3[C@H](O[C@H]4[C@H](O)[C@@H](O)[C@H](O)O[C@@H]4C(=O)O)O[C@H](CO)[C@@H](O)[C@@H]3O)[C@@H]2NC(C)=O)O[C@@H](C)[C@H](O)[C@H]1O. The molecule has 0 radical (unpaired) electrons. The van der Waals surface area contributed by atoms with Gasteiger partial charge in [0.2, 0.25) is 11.8 Å². The fourth-order valence-corrected chi connectivity index (χ4v) is 6.24. The van der Waals surface area contributed by atoms with Crippen LogP contribution >= 0.6 is 0 Å². The van der Waals surface area contributed by atoms with Crippen molar-refractivity contribution in [3.63, 3.8) is 0 Å². The molecule has 23 heteroatoms. The predicted molar refractivity (Wildman–Crippen MR) is 156 cm³/mol. The highest BCUT2D eigenvalue weighted by atomic mass is 16.8. The molecule has 4 aliphatic heterocycles. The minimum atomic E-state index is -2.16. The third-order valence-corrected chi connectivity index (χ3v) is 8.94. The summed E-state index contributed by atoms with van der Waals surface area (Å²) in [7, 11) is 0. The van der Waals surface area contributed by atoms with Crippen LogP contribution in [-0.4, -0.2) is 210 Å². The van der Waals surface area contributed by atoms with Gasteiger partial charge in [-0.1, -0.05) is 0 Å². The van der Waals surface area contributed by atoms with Crippen LogP contribution in [0.2, 0.25) is 0 Å². The molecule has 13 N–H and O–H groups in total. The largest absolute Gasteiger partial charge is 0.479 e. The summed E-state index contributed by atoms with van der Waals surface area (Å²) in [6.45, 7) is 1.68. The minimum absolute atomic E-state index is 0.670. The molecule has 20 atom stereocenters. The molecule has 0 aliphatic carbocycles. The van der Waals surface area contributed by atoms with Crippen molar-refractivity contribution in [3.8, 4) is 0 Å². The zero-order valence-electron chi connectivity index (χ0n) is 27.5. The molecule has 0 aromatic carbocycles. The summed E-state index contributed by atoms with van der Waals surface area (Å²) in [5, 5.41) is 119. The van der Waals surface area contributed by atoms with Gasteiger partial charge in [0.05, 0.1) is 19.3 Å². The van der Waals surface area contributed by atoms with E-state index in [2.05, 4.69) is 10.6 Å². The fourth-order valence-electron chi connectivity index (χ4n) is 6.24. The average Bonchev–Trinajstić information content (AvgIpc) is 3.06. The molecular formula is C28H46N2O21. The van der Waals surface area contributed by atoms with E-state index in [1.807, 2.05) is 0 Å². The summed E-state index contributed by atoms with van der Waals surface area (Å²) in [6.07, 6.45) is -33.1. The molecule has 4 heterocycles. The first kappa shape index (κ1) is 41.5. The van der Waals surface area contributed by atoms with Gasteiger partial charge >= 0.3 is 5.97 Å². The number of carboxylic acids is 1. The summed E-state index contributed by atoms with van der Waals surface area (Å²) in [5.74, 6) is -3.22. The average molecular weight is 747 g/mol. The molecule has 0 spiro atoms. The Hall–Kier alpha value is -2.27. The van der Waals surface area contributed by atoms with Crippen LogP contribution in [0.15, 0.2) is 0 Å². The van der Waals surface area contributed by atoms with Crippen LogP contribution in [-0.2, 0) is 47.5 Å². The molecule has 0 bridgehead atoms. The molecule has 4 fully saturated rings. The van der Waals surface area contributed by atoms with E-state index >= 15 is 0 Å². The summed E-state index contributed by atoms with van der Waals surface area (Å²) >= 11 is 0. The third kappa shape index (κ3) is 8.93. The van der Waals surface area contributed by atoms with Gasteiger partial charge in [0.1, 0.15) is 85.3 Å². The minimum Gasteiger partial charge on any atom is -0.479 e. The van der Waals surface area contributed by atoms with Gasteiger partial charge in [0, 0.05) is 13.8 Å². The Morgan fingerprint density at radius 3 is 1.63 bits per heavy atom. The van der Waals surface area contributed by atoms with Gasteiger partial charge in [-0.15, -0.1) is 0 Å². The highest BCUT2D eigenvalue weighted by Gasteiger charge is 2.56. The van der Waals surface area contributed by atoms with Gasteiger partial charge in [-0.3, -0.25) is 9.59 Å². The molecule has 0 aromatic heterocycles. The first-order valence-electron chi connectivity index (χ1n) is 15.9. The van der Waals surface area contributed by atoms with Crippen LogP contribution in [0.1, 0.15) is 20.8 Å². The number of nitrogens with one attached hydrogen (secondary N) is 2. The fraction of sp³-hybridized carbons (Fsp3) is 0.893. The Kier molecular flexibility index (Phi) is 14.0. The number of aliphatic hydroxyl groups is 10. The van der Waals surface area contributed by atoms with Crippen LogP contribution < -0.4 is 10.6 Å². The lowest BCUT2D eigenvalue weighted by molar-refractivity contribution is -0.382. The van der Waals surface area contributed by atoms with E-state index in [1.54, 1.807) is 0 Å². The third-order valence-electron chi connectivity index (χ3n) is 8.94. The van der Waals surface area contributed by atoms with Gasteiger partial charge in [-0.2, -0.15) is 0 Å². The van der Waals surface area contributed by atoms with E-state index in [1.165, 1.54) is 6.92 Å². The topological polar surface area (TPSA) is 362 Å². The van der Waals surface area contributed by atoms with Crippen molar-refractivity contribution in [1.82, 2.24) is 10.6 Å². The second-order valence-corrected chi connectivity index (χ2v) is 12.6. The first-order chi connectivity index (χ1) is 23.9. The number of hydrogen-bond donors (Lipinski definition) is 13. The van der Waals surface area contributed by atoms with Crippen molar-refractivity contribution < 1.29 is 104 Å². The Bertz CT molecular complexity index is 1200. The molecule has 4 saturated heterocycles. The molecule has 51 heavy (non-hydrogen) atoms. The zero-order valence-corrected chi connectivity index (χ0v) is 27.5. The van der Waals surface area contributed by atoms with Gasteiger partial charge < -0.3 is 100.0 Å². The maximum absolute atomic E-state index is 12.4. The number of carbonyl (C=O) groups excluding carboxylic acids is 2. The molecule has 0 unspecified atom stereocenters. The van der Waals surface area contributed by atoms with E-state index < -0.39 is 154 Å². The normalized spacial score (nSPS) is 47.7. The van der Waals surface area contributed by atoms with Crippen LogP contribution in [0, 0.1) is 0 Å². The number of aliphatic hydroxyl groups excluding tert-OH is 10. The summed E-state index contributed by atoms with van der Waals surface area (Å²) < 4.78 is 39.4. The standard InChI is InChI=1S/C28H46N2O21/c1-6-13(35)16(38)11(29-7(2)33)26(45-6)49-20-12(30-8(3)34)27(46-10(5-32)15(20)37)51-22-17(39)14(36)9(4-31)47-28(22)50-21-18(40)19(41)25(44)48-23(21)24(42)43/h6,9-23,25-28,31-32,35-41,44H,4-5H2,1-3H3,(H,29,33)(H,30,34)(H,42,43)/t6-,9+,10+,11-,12+,13-,14+,15+,16-,17-,18+,19+,20+,21-,22-,23-,25+,26-,27+,28-/m0/s1. The van der Waals surface area contributed by atoms with E-state index in [-0.39, 0.29) is 0 Å². The highest BCUT2D eigenvalue weighted by Crippen LogP contribution is 2.35. The van der Waals surface area contributed by atoms with Crippen molar-refractivity contribution in [2.45, 2.75) is 143 Å². The smallest absolute Gasteiger partial charge is 0.335 e. The van der Waals surface area contributed by atoms with Crippen LogP contribution in [0.25, 0.3) is 0 Å². The first-order valence-corrected chi connectivity index (χ1v) is 15.9. The number of carbonyl (C=O) groups is 3. The predicted octanol–water partition coefficient (Wildman–Crippen LogP) is -8.34.